The molecule has 4 rings (SSSR count). The Labute approximate surface area is 232 Å². The second kappa shape index (κ2) is 11.5. The lowest BCUT2D eigenvalue weighted by atomic mass is 10.2. The molecule has 0 aliphatic carbocycles. The Morgan fingerprint density at radius 1 is 1.12 bits per heavy atom. The Morgan fingerprint density at radius 3 is 2.52 bits per heavy atom. The van der Waals surface area contributed by atoms with Gasteiger partial charge in [-0.05, 0) is 38.4 Å². The number of methoxy groups -OCH3 is 1. The number of nitro groups is 1. The molecular weight excluding hydrogens is 553 g/mol. The molecule has 0 aliphatic heterocycles. The fourth-order valence-electron chi connectivity index (χ4n) is 4.04. The summed E-state index contributed by atoms with van der Waals surface area (Å²) in [6, 6.07) is 8.72. The quantitative estimate of drug-likeness (QED) is 0.196. The summed E-state index contributed by atoms with van der Waals surface area (Å²) >= 11 is 6.04. The number of nitrogens with one attached hydrogen (secondary N) is 1. The standard InChI is InChI=1S/C25H26ClF3N8O3/c1-34(2)9-10-35(3)20-13-22(40-4)18(12-21(20)37(38)39)33-24-30-8-7-17(32-24)23-31-16-6-5-15(26)11-19(16)36(23)14-25(27,28)29/h5-8,11-13H,9-10,14H2,1-4H3,(H,30,32,33). The van der Waals surface area contributed by atoms with E-state index in [-0.39, 0.29) is 45.1 Å². The number of hydrogen-bond donors (Lipinski definition) is 1. The van der Waals surface area contributed by atoms with Crippen molar-refractivity contribution in [1.29, 1.82) is 0 Å². The molecule has 40 heavy (non-hydrogen) atoms. The lowest BCUT2D eigenvalue weighted by molar-refractivity contribution is -0.384. The van der Waals surface area contributed by atoms with Gasteiger partial charge in [-0.25, -0.2) is 15.0 Å². The number of hydrogen-bond acceptors (Lipinski definition) is 9. The Kier molecular flexibility index (Phi) is 8.30. The molecule has 0 aliphatic rings. The second-order valence-electron chi connectivity index (χ2n) is 9.18. The number of nitro benzene ring substituents is 1. The highest BCUT2D eigenvalue weighted by Crippen LogP contribution is 2.39. The van der Waals surface area contributed by atoms with Gasteiger partial charge in [-0.15, -0.1) is 0 Å². The minimum atomic E-state index is -4.54. The molecule has 2 aromatic carbocycles. The number of alkyl halides is 3. The van der Waals surface area contributed by atoms with Gasteiger partial charge in [0.15, 0.2) is 5.82 Å². The third-order valence-electron chi connectivity index (χ3n) is 5.97. The molecule has 0 amide bonds. The molecule has 0 bridgehead atoms. The van der Waals surface area contributed by atoms with E-state index in [4.69, 9.17) is 16.3 Å². The summed E-state index contributed by atoms with van der Waals surface area (Å²) in [4.78, 5) is 28.0. The molecule has 0 spiro atoms. The monoisotopic (exact) mass is 578 g/mol. The van der Waals surface area contributed by atoms with Gasteiger partial charge in [0.05, 0.1) is 28.8 Å². The summed E-state index contributed by atoms with van der Waals surface area (Å²) in [5.74, 6) is 0.212. The average Bonchev–Trinajstić information content (AvgIpc) is 3.23. The Bertz CT molecular complexity index is 1540. The van der Waals surface area contributed by atoms with E-state index in [2.05, 4.69) is 20.3 Å². The van der Waals surface area contributed by atoms with E-state index in [1.807, 2.05) is 19.0 Å². The third kappa shape index (κ3) is 6.51. The van der Waals surface area contributed by atoms with Gasteiger partial charge in [-0.3, -0.25) is 10.1 Å². The van der Waals surface area contributed by atoms with E-state index in [0.29, 0.717) is 24.3 Å². The average molecular weight is 579 g/mol. The van der Waals surface area contributed by atoms with Crippen molar-refractivity contribution in [3.8, 4) is 17.3 Å². The minimum Gasteiger partial charge on any atom is -0.494 e. The molecule has 15 heteroatoms. The molecular formula is C25H26ClF3N8O3. The molecule has 11 nitrogen and oxygen atoms in total. The molecule has 0 fully saturated rings. The van der Waals surface area contributed by atoms with Crippen LogP contribution in [0, 0.1) is 10.1 Å². The largest absolute Gasteiger partial charge is 0.494 e. The predicted octanol–water partition coefficient (Wildman–Crippen LogP) is 5.37. The highest BCUT2D eigenvalue weighted by atomic mass is 35.5. The first-order valence-electron chi connectivity index (χ1n) is 11.9. The van der Waals surface area contributed by atoms with Crippen molar-refractivity contribution in [2.45, 2.75) is 12.7 Å². The number of ether oxygens (including phenoxy) is 1. The number of halogens is 4. The van der Waals surface area contributed by atoms with Crippen LogP contribution >= 0.6 is 11.6 Å². The summed E-state index contributed by atoms with van der Waals surface area (Å²) in [6.45, 7) is -0.115. The maximum absolute atomic E-state index is 13.5. The number of likely N-dealkylation sites (N-methyl/N-ethyl adjacent to an activating group) is 2. The maximum atomic E-state index is 13.5. The molecule has 212 valence electrons. The number of benzene rings is 2. The van der Waals surface area contributed by atoms with Gasteiger partial charge >= 0.3 is 6.18 Å². The van der Waals surface area contributed by atoms with Gasteiger partial charge < -0.3 is 24.4 Å². The zero-order valence-electron chi connectivity index (χ0n) is 22.0. The molecule has 4 aromatic rings. The molecule has 0 radical (unpaired) electrons. The number of fused-ring (bicyclic) bond motifs is 1. The van der Waals surface area contributed by atoms with Gasteiger partial charge in [0.2, 0.25) is 5.95 Å². The first-order chi connectivity index (χ1) is 18.9. The summed E-state index contributed by atoms with van der Waals surface area (Å²) in [5, 5.41) is 15.1. The topological polar surface area (TPSA) is 114 Å². The molecule has 0 atom stereocenters. The van der Waals surface area contributed by atoms with Crippen molar-refractivity contribution in [2.24, 2.45) is 0 Å². The van der Waals surface area contributed by atoms with Crippen LogP contribution in [0.2, 0.25) is 5.02 Å². The molecule has 2 heterocycles. The number of anilines is 3. The summed E-state index contributed by atoms with van der Waals surface area (Å²) in [5.41, 5.74) is 0.976. The summed E-state index contributed by atoms with van der Waals surface area (Å²) in [6.07, 6.45) is -3.19. The first kappa shape index (κ1) is 28.8. The van der Waals surface area contributed by atoms with Crippen molar-refractivity contribution in [2.75, 3.05) is 51.6 Å². The summed E-state index contributed by atoms with van der Waals surface area (Å²) in [7, 11) is 6.96. The van der Waals surface area contributed by atoms with E-state index >= 15 is 0 Å². The number of imidazole rings is 1. The third-order valence-corrected chi connectivity index (χ3v) is 6.20. The van der Waals surface area contributed by atoms with Crippen molar-refractivity contribution >= 4 is 45.6 Å². The summed E-state index contributed by atoms with van der Waals surface area (Å²) < 4.78 is 46.9. The normalized spacial score (nSPS) is 11.7. The van der Waals surface area contributed by atoms with E-state index in [0.717, 1.165) is 4.57 Å². The van der Waals surface area contributed by atoms with Crippen molar-refractivity contribution < 1.29 is 22.8 Å². The molecule has 0 saturated heterocycles. The second-order valence-corrected chi connectivity index (χ2v) is 9.62. The number of nitrogens with zero attached hydrogens (tertiary/aromatic N) is 7. The van der Waals surface area contributed by atoms with Gasteiger partial charge in [0.1, 0.15) is 23.7 Å². The first-order valence-corrected chi connectivity index (χ1v) is 12.3. The zero-order valence-corrected chi connectivity index (χ0v) is 22.8. The Balaban J connectivity index is 1.74. The minimum absolute atomic E-state index is 0.0255. The molecule has 0 saturated carbocycles. The van der Waals surface area contributed by atoms with Crippen LogP contribution in [-0.2, 0) is 6.54 Å². The van der Waals surface area contributed by atoms with Crippen LogP contribution in [-0.4, -0.2) is 76.9 Å². The molecule has 0 unspecified atom stereocenters. The fraction of sp³-hybridized carbons (Fsp3) is 0.320. The number of rotatable bonds is 10. The van der Waals surface area contributed by atoms with Gasteiger partial charge in [-0.2, -0.15) is 13.2 Å². The highest BCUT2D eigenvalue weighted by Gasteiger charge is 2.31. The zero-order chi connectivity index (χ0) is 29.2. The predicted molar refractivity (Wildman–Crippen MR) is 147 cm³/mol. The van der Waals surface area contributed by atoms with Crippen molar-refractivity contribution in [1.82, 2.24) is 24.4 Å². The van der Waals surface area contributed by atoms with Gasteiger partial charge in [0, 0.05) is 43.5 Å². The van der Waals surface area contributed by atoms with E-state index in [1.165, 1.54) is 49.7 Å². The fourth-order valence-corrected chi connectivity index (χ4v) is 4.21. The smallest absolute Gasteiger partial charge is 0.406 e. The molecule has 2 aromatic heterocycles. The highest BCUT2D eigenvalue weighted by molar-refractivity contribution is 6.31. The lowest BCUT2D eigenvalue weighted by Crippen LogP contribution is -2.28. The van der Waals surface area contributed by atoms with Crippen LogP contribution in [0.5, 0.6) is 5.75 Å². The maximum Gasteiger partial charge on any atom is 0.406 e. The Morgan fingerprint density at radius 2 is 1.88 bits per heavy atom. The van der Waals surface area contributed by atoms with Crippen LogP contribution in [0.15, 0.2) is 42.6 Å². The molecule has 1 N–H and O–H groups in total. The van der Waals surface area contributed by atoms with Crippen molar-refractivity contribution in [3.63, 3.8) is 0 Å². The van der Waals surface area contributed by atoms with E-state index < -0.39 is 17.6 Å². The van der Waals surface area contributed by atoms with Crippen LogP contribution in [0.1, 0.15) is 0 Å². The Hall–Kier alpha value is -4.17. The van der Waals surface area contributed by atoms with Crippen LogP contribution in [0.25, 0.3) is 22.6 Å². The van der Waals surface area contributed by atoms with Gasteiger partial charge in [0.25, 0.3) is 5.69 Å². The van der Waals surface area contributed by atoms with E-state index in [9.17, 15) is 23.3 Å². The van der Waals surface area contributed by atoms with E-state index in [1.54, 1.807) is 11.9 Å². The van der Waals surface area contributed by atoms with Crippen LogP contribution in [0.4, 0.5) is 36.2 Å². The van der Waals surface area contributed by atoms with Gasteiger partial charge in [-0.1, -0.05) is 11.6 Å². The van der Waals surface area contributed by atoms with Crippen LogP contribution in [0.3, 0.4) is 0 Å². The SMILES string of the molecule is COc1cc(N(C)CCN(C)C)c([N+](=O)[O-])cc1Nc1nccc(-c2nc3ccc(Cl)cc3n2CC(F)(F)F)n1. The van der Waals surface area contributed by atoms with Crippen molar-refractivity contribution in [3.05, 3.63) is 57.7 Å². The number of aromatic nitrogens is 4. The van der Waals surface area contributed by atoms with Crippen LogP contribution < -0.4 is 15.0 Å². The lowest BCUT2D eigenvalue weighted by Gasteiger charge is -2.22.